The van der Waals surface area contributed by atoms with Gasteiger partial charge in [0.15, 0.2) is 9.84 Å². The average Bonchev–Trinajstić information content (AvgIpc) is 2.37. The summed E-state index contributed by atoms with van der Waals surface area (Å²) >= 11 is 0. The first kappa shape index (κ1) is 15.8. The number of nitrogens with two attached hydrogens (primary N) is 1. The van der Waals surface area contributed by atoms with Gasteiger partial charge in [-0.3, -0.25) is 0 Å². The SMILES string of the molecule is CC(NC1CCCS(=O)(=O)C1)c1ccc(NC(N)=O)cc1. The van der Waals surface area contributed by atoms with E-state index < -0.39 is 15.9 Å². The van der Waals surface area contributed by atoms with Crippen LogP contribution in [-0.2, 0) is 9.84 Å². The molecule has 0 aliphatic carbocycles. The summed E-state index contributed by atoms with van der Waals surface area (Å²) in [6.45, 7) is 2.00. The summed E-state index contributed by atoms with van der Waals surface area (Å²) in [6, 6.07) is 6.78. The van der Waals surface area contributed by atoms with Crippen molar-refractivity contribution < 1.29 is 13.2 Å². The van der Waals surface area contributed by atoms with Crippen LogP contribution in [0.15, 0.2) is 24.3 Å². The van der Waals surface area contributed by atoms with E-state index in [1.807, 2.05) is 19.1 Å². The first-order chi connectivity index (χ1) is 9.85. The van der Waals surface area contributed by atoms with Gasteiger partial charge >= 0.3 is 6.03 Å². The molecule has 6 nitrogen and oxygen atoms in total. The molecule has 0 radical (unpaired) electrons. The van der Waals surface area contributed by atoms with Crippen molar-refractivity contribution in [3.05, 3.63) is 29.8 Å². The van der Waals surface area contributed by atoms with Crippen LogP contribution >= 0.6 is 0 Å². The largest absolute Gasteiger partial charge is 0.351 e. The van der Waals surface area contributed by atoms with Gasteiger partial charge in [-0.15, -0.1) is 0 Å². The Bertz CT molecular complexity index is 598. The molecule has 21 heavy (non-hydrogen) atoms. The minimum absolute atomic E-state index is 0.00201. The summed E-state index contributed by atoms with van der Waals surface area (Å²) in [5, 5.41) is 5.86. The zero-order valence-corrected chi connectivity index (χ0v) is 12.8. The molecule has 2 atom stereocenters. The first-order valence-corrected chi connectivity index (χ1v) is 8.81. The molecule has 1 aliphatic rings. The van der Waals surface area contributed by atoms with E-state index in [-0.39, 0.29) is 17.8 Å². The van der Waals surface area contributed by atoms with Gasteiger partial charge in [-0.05, 0) is 37.5 Å². The van der Waals surface area contributed by atoms with Crippen LogP contribution in [0.25, 0.3) is 0 Å². The van der Waals surface area contributed by atoms with E-state index in [4.69, 9.17) is 5.73 Å². The number of primary amides is 1. The lowest BCUT2D eigenvalue weighted by Gasteiger charge is -2.26. The highest BCUT2D eigenvalue weighted by Crippen LogP contribution is 2.19. The lowest BCUT2D eigenvalue weighted by Crippen LogP contribution is -2.41. The van der Waals surface area contributed by atoms with Gasteiger partial charge in [-0.2, -0.15) is 0 Å². The molecular weight excluding hydrogens is 290 g/mol. The molecule has 2 amide bonds. The third-order valence-electron chi connectivity index (χ3n) is 3.63. The molecule has 116 valence electrons. The molecule has 0 spiro atoms. The highest BCUT2D eigenvalue weighted by Gasteiger charge is 2.25. The van der Waals surface area contributed by atoms with Gasteiger partial charge in [0.2, 0.25) is 0 Å². The van der Waals surface area contributed by atoms with Crippen molar-refractivity contribution in [1.29, 1.82) is 0 Å². The van der Waals surface area contributed by atoms with Crippen LogP contribution in [0.2, 0.25) is 0 Å². The lowest BCUT2D eigenvalue weighted by molar-refractivity contribution is 0.259. The number of hydrogen-bond donors (Lipinski definition) is 3. The van der Waals surface area contributed by atoms with Crippen LogP contribution < -0.4 is 16.4 Å². The second kappa shape index (κ2) is 6.44. The molecule has 1 fully saturated rings. The maximum Gasteiger partial charge on any atom is 0.316 e. The summed E-state index contributed by atoms with van der Waals surface area (Å²) in [4.78, 5) is 10.8. The quantitative estimate of drug-likeness (QED) is 0.782. The summed E-state index contributed by atoms with van der Waals surface area (Å²) in [7, 11) is -2.90. The van der Waals surface area contributed by atoms with Crippen LogP contribution in [0.4, 0.5) is 10.5 Å². The van der Waals surface area contributed by atoms with Crippen molar-refractivity contribution in [2.45, 2.75) is 31.8 Å². The fraction of sp³-hybridized carbons (Fsp3) is 0.500. The Morgan fingerprint density at radius 3 is 2.57 bits per heavy atom. The normalized spacial score (nSPS) is 22.4. The predicted octanol–water partition coefficient (Wildman–Crippen LogP) is 1.40. The highest BCUT2D eigenvalue weighted by molar-refractivity contribution is 7.91. The fourth-order valence-corrected chi connectivity index (χ4v) is 4.25. The molecule has 1 aromatic rings. The Kier molecular flexibility index (Phi) is 4.84. The van der Waals surface area contributed by atoms with Crippen LogP contribution in [0.3, 0.4) is 0 Å². The van der Waals surface area contributed by atoms with Gasteiger partial charge in [0.05, 0.1) is 11.5 Å². The molecule has 2 rings (SSSR count). The summed E-state index contributed by atoms with van der Waals surface area (Å²) in [6.07, 6.45) is 1.60. The number of hydrogen-bond acceptors (Lipinski definition) is 4. The van der Waals surface area contributed by atoms with Crippen molar-refractivity contribution in [3.8, 4) is 0 Å². The second-order valence-corrected chi connectivity index (χ2v) is 7.68. The number of benzene rings is 1. The van der Waals surface area contributed by atoms with E-state index in [0.717, 1.165) is 12.0 Å². The maximum atomic E-state index is 11.6. The monoisotopic (exact) mass is 311 g/mol. The molecule has 2 unspecified atom stereocenters. The van der Waals surface area contributed by atoms with Crippen molar-refractivity contribution in [1.82, 2.24) is 5.32 Å². The minimum atomic E-state index is -2.90. The van der Waals surface area contributed by atoms with Gasteiger partial charge in [-0.1, -0.05) is 12.1 Å². The zero-order valence-electron chi connectivity index (χ0n) is 12.0. The smallest absolute Gasteiger partial charge is 0.316 e. The third-order valence-corrected chi connectivity index (χ3v) is 5.45. The minimum Gasteiger partial charge on any atom is -0.351 e. The standard InChI is InChI=1S/C14H21N3O3S/c1-10(16-13-3-2-8-21(19,20)9-13)11-4-6-12(7-5-11)17-14(15)18/h4-7,10,13,16H,2-3,8-9H2,1H3,(H3,15,17,18). The van der Waals surface area contributed by atoms with Crippen molar-refractivity contribution in [2.75, 3.05) is 16.8 Å². The summed E-state index contributed by atoms with van der Waals surface area (Å²) in [5.41, 5.74) is 6.73. The molecule has 0 bridgehead atoms. The number of urea groups is 1. The molecule has 7 heteroatoms. The molecule has 1 saturated heterocycles. The van der Waals surface area contributed by atoms with Gasteiger partial charge < -0.3 is 16.4 Å². The van der Waals surface area contributed by atoms with Crippen LogP contribution in [0.5, 0.6) is 0 Å². The van der Waals surface area contributed by atoms with E-state index in [1.165, 1.54) is 0 Å². The van der Waals surface area contributed by atoms with E-state index in [2.05, 4.69) is 10.6 Å². The van der Waals surface area contributed by atoms with Crippen LogP contribution in [0, 0.1) is 0 Å². The Morgan fingerprint density at radius 1 is 1.33 bits per heavy atom. The molecule has 1 aromatic carbocycles. The van der Waals surface area contributed by atoms with Gasteiger partial charge in [0.25, 0.3) is 0 Å². The molecule has 1 aliphatic heterocycles. The van der Waals surface area contributed by atoms with Crippen molar-refractivity contribution in [2.24, 2.45) is 5.73 Å². The lowest BCUT2D eigenvalue weighted by atomic mass is 10.1. The van der Waals surface area contributed by atoms with Crippen molar-refractivity contribution in [3.63, 3.8) is 0 Å². The average molecular weight is 311 g/mol. The fourth-order valence-electron chi connectivity index (χ4n) is 2.60. The molecule has 1 heterocycles. The maximum absolute atomic E-state index is 11.6. The third kappa shape index (κ3) is 4.71. The number of carbonyl (C=O) groups excluding carboxylic acids is 1. The summed E-state index contributed by atoms with van der Waals surface area (Å²) in [5.74, 6) is 0.506. The van der Waals surface area contributed by atoms with Crippen LogP contribution in [0.1, 0.15) is 31.4 Å². The number of amides is 2. The van der Waals surface area contributed by atoms with Gasteiger partial charge in [0, 0.05) is 17.8 Å². The molecule has 4 N–H and O–H groups in total. The Balaban J connectivity index is 1.96. The number of carbonyl (C=O) groups is 1. The number of rotatable bonds is 4. The van der Waals surface area contributed by atoms with E-state index in [1.54, 1.807) is 12.1 Å². The van der Waals surface area contributed by atoms with Gasteiger partial charge in [-0.25, -0.2) is 13.2 Å². The zero-order chi connectivity index (χ0) is 15.5. The Labute approximate surface area is 125 Å². The Hall–Kier alpha value is -1.60. The molecule has 0 aromatic heterocycles. The van der Waals surface area contributed by atoms with Crippen LogP contribution in [-0.4, -0.2) is 32.0 Å². The number of anilines is 1. The second-order valence-electron chi connectivity index (χ2n) is 5.45. The molecular formula is C14H21N3O3S. The van der Waals surface area contributed by atoms with E-state index in [9.17, 15) is 13.2 Å². The highest BCUT2D eigenvalue weighted by atomic mass is 32.2. The van der Waals surface area contributed by atoms with Gasteiger partial charge in [0.1, 0.15) is 0 Å². The number of nitrogens with one attached hydrogen (secondary N) is 2. The molecule has 0 saturated carbocycles. The van der Waals surface area contributed by atoms with E-state index >= 15 is 0 Å². The van der Waals surface area contributed by atoms with E-state index in [0.29, 0.717) is 17.9 Å². The number of sulfone groups is 1. The topological polar surface area (TPSA) is 101 Å². The first-order valence-electron chi connectivity index (χ1n) is 6.98. The van der Waals surface area contributed by atoms with Crippen molar-refractivity contribution >= 4 is 21.6 Å². The Morgan fingerprint density at radius 2 is 2.00 bits per heavy atom. The summed E-state index contributed by atoms with van der Waals surface area (Å²) < 4.78 is 23.3. The predicted molar refractivity (Wildman–Crippen MR) is 82.9 cm³/mol.